The second-order valence-corrected chi connectivity index (χ2v) is 6.55. The maximum Gasteiger partial charge on any atom is 0.128 e. The third-order valence-corrected chi connectivity index (χ3v) is 4.74. The number of likely N-dealkylation sites (tertiary alicyclic amines) is 1. The molecule has 0 spiro atoms. The third-order valence-electron chi connectivity index (χ3n) is 4.24. The molecule has 1 aliphatic heterocycles. The first kappa shape index (κ1) is 15.9. The maximum atomic E-state index is 14.0. The van der Waals surface area contributed by atoms with Gasteiger partial charge in [0, 0.05) is 35.2 Å². The van der Waals surface area contributed by atoms with Crippen LogP contribution in [-0.2, 0) is 0 Å². The summed E-state index contributed by atoms with van der Waals surface area (Å²) in [5, 5.41) is 0. The Kier molecular flexibility index (Phi) is 5.55. The van der Waals surface area contributed by atoms with E-state index in [1.807, 2.05) is 13.1 Å². The zero-order chi connectivity index (χ0) is 14.7. The minimum Gasteiger partial charge on any atom is -0.329 e. The van der Waals surface area contributed by atoms with Gasteiger partial charge < -0.3 is 10.6 Å². The number of rotatable bonds is 5. The normalized spacial score (nSPS) is 21.6. The first-order chi connectivity index (χ1) is 9.52. The Morgan fingerprint density at radius 1 is 1.55 bits per heavy atom. The first-order valence-electron chi connectivity index (χ1n) is 7.08. The lowest BCUT2D eigenvalue weighted by Crippen LogP contribution is -2.40. The number of likely N-dealkylation sites (N-methyl/N-ethyl adjacent to an activating group) is 2. The highest BCUT2D eigenvalue weighted by Gasteiger charge is 2.26. The Hall–Kier alpha value is -0.490. The van der Waals surface area contributed by atoms with E-state index in [9.17, 15) is 4.39 Å². The van der Waals surface area contributed by atoms with E-state index in [1.54, 1.807) is 6.07 Å². The molecule has 0 bridgehead atoms. The van der Waals surface area contributed by atoms with Crippen molar-refractivity contribution in [2.24, 2.45) is 5.73 Å². The van der Waals surface area contributed by atoms with Crippen molar-refractivity contribution in [2.75, 3.05) is 33.7 Å². The van der Waals surface area contributed by atoms with E-state index in [-0.39, 0.29) is 11.9 Å². The molecule has 5 heteroatoms. The van der Waals surface area contributed by atoms with E-state index in [1.165, 1.54) is 18.9 Å². The minimum atomic E-state index is -0.185. The molecule has 0 saturated carbocycles. The van der Waals surface area contributed by atoms with E-state index in [4.69, 9.17) is 5.73 Å². The van der Waals surface area contributed by atoms with Crippen LogP contribution in [-0.4, -0.2) is 49.6 Å². The van der Waals surface area contributed by atoms with Gasteiger partial charge in [0.15, 0.2) is 0 Å². The van der Waals surface area contributed by atoms with E-state index in [0.717, 1.165) is 17.6 Å². The Morgan fingerprint density at radius 3 is 2.90 bits per heavy atom. The van der Waals surface area contributed by atoms with Crippen LogP contribution in [0, 0.1) is 5.82 Å². The number of hydrogen-bond acceptors (Lipinski definition) is 3. The van der Waals surface area contributed by atoms with Crippen LogP contribution < -0.4 is 5.73 Å². The van der Waals surface area contributed by atoms with Crippen molar-refractivity contribution >= 4 is 15.9 Å². The Labute approximate surface area is 129 Å². The maximum absolute atomic E-state index is 14.0. The summed E-state index contributed by atoms with van der Waals surface area (Å²) in [6.45, 7) is 2.49. The average molecular weight is 344 g/mol. The highest BCUT2D eigenvalue weighted by molar-refractivity contribution is 9.10. The smallest absolute Gasteiger partial charge is 0.128 e. The molecule has 0 aromatic heterocycles. The molecule has 2 atom stereocenters. The van der Waals surface area contributed by atoms with Gasteiger partial charge in [-0.15, -0.1) is 0 Å². The summed E-state index contributed by atoms with van der Waals surface area (Å²) < 4.78 is 14.9. The Bertz CT molecular complexity index is 455. The van der Waals surface area contributed by atoms with Crippen molar-refractivity contribution in [1.82, 2.24) is 9.80 Å². The number of halogens is 2. The van der Waals surface area contributed by atoms with Crippen LogP contribution in [0.4, 0.5) is 4.39 Å². The van der Waals surface area contributed by atoms with Crippen LogP contribution in [0.1, 0.15) is 24.4 Å². The fourth-order valence-electron chi connectivity index (χ4n) is 2.98. The highest BCUT2D eigenvalue weighted by atomic mass is 79.9. The molecule has 2 N–H and O–H groups in total. The number of hydrogen-bond donors (Lipinski definition) is 1. The molecule has 1 aromatic rings. The fraction of sp³-hybridized carbons (Fsp3) is 0.600. The summed E-state index contributed by atoms with van der Waals surface area (Å²) >= 11 is 3.41. The lowest BCUT2D eigenvalue weighted by molar-refractivity contribution is 0.177. The van der Waals surface area contributed by atoms with E-state index in [2.05, 4.69) is 32.8 Å². The summed E-state index contributed by atoms with van der Waals surface area (Å²) in [7, 11) is 4.19. The first-order valence-corrected chi connectivity index (χ1v) is 7.87. The minimum absolute atomic E-state index is 0.0819. The summed E-state index contributed by atoms with van der Waals surface area (Å²) in [6, 6.07) is 5.52. The molecule has 1 heterocycles. The molecular weight excluding hydrogens is 321 g/mol. The predicted octanol–water partition coefficient (Wildman–Crippen LogP) is 2.61. The van der Waals surface area contributed by atoms with Crippen LogP contribution in [0.3, 0.4) is 0 Å². The molecule has 0 radical (unpaired) electrons. The SMILES string of the molecule is CN1CCCC1CN(C)C(CN)c1cc(Br)ccc1F. The Morgan fingerprint density at radius 2 is 2.30 bits per heavy atom. The van der Waals surface area contributed by atoms with Crippen molar-refractivity contribution in [3.05, 3.63) is 34.1 Å². The van der Waals surface area contributed by atoms with Gasteiger partial charge in [-0.25, -0.2) is 4.39 Å². The molecule has 2 unspecified atom stereocenters. The monoisotopic (exact) mass is 343 g/mol. The molecule has 1 aromatic carbocycles. The van der Waals surface area contributed by atoms with Gasteiger partial charge in [-0.2, -0.15) is 0 Å². The molecule has 3 nitrogen and oxygen atoms in total. The highest BCUT2D eigenvalue weighted by Crippen LogP contribution is 2.26. The van der Waals surface area contributed by atoms with Gasteiger partial charge in [0.25, 0.3) is 0 Å². The zero-order valence-electron chi connectivity index (χ0n) is 12.1. The van der Waals surface area contributed by atoms with Gasteiger partial charge in [0.05, 0.1) is 0 Å². The van der Waals surface area contributed by atoms with Gasteiger partial charge in [-0.1, -0.05) is 15.9 Å². The van der Waals surface area contributed by atoms with Crippen molar-refractivity contribution in [3.8, 4) is 0 Å². The molecule has 20 heavy (non-hydrogen) atoms. The zero-order valence-corrected chi connectivity index (χ0v) is 13.7. The van der Waals surface area contributed by atoms with Crippen molar-refractivity contribution in [1.29, 1.82) is 0 Å². The van der Waals surface area contributed by atoms with Crippen LogP contribution in [0.25, 0.3) is 0 Å². The van der Waals surface area contributed by atoms with Crippen molar-refractivity contribution in [3.63, 3.8) is 0 Å². The lowest BCUT2D eigenvalue weighted by atomic mass is 10.0. The fourth-order valence-corrected chi connectivity index (χ4v) is 3.36. The van der Waals surface area contributed by atoms with Gasteiger partial charge in [-0.3, -0.25) is 4.90 Å². The van der Waals surface area contributed by atoms with Gasteiger partial charge in [0.2, 0.25) is 0 Å². The van der Waals surface area contributed by atoms with Gasteiger partial charge >= 0.3 is 0 Å². The van der Waals surface area contributed by atoms with Crippen molar-refractivity contribution in [2.45, 2.75) is 24.9 Å². The van der Waals surface area contributed by atoms with E-state index in [0.29, 0.717) is 18.2 Å². The molecule has 1 saturated heterocycles. The molecule has 2 rings (SSSR count). The molecule has 1 fully saturated rings. The third kappa shape index (κ3) is 3.58. The molecule has 0 aliphatic carbocycles. The molecule has 0 amide bonds. The van der Waals surface area contributed by atoms with Gasteiger partial charge in [0.1, 0.15) is 5.82 Å². The summed E-state index contributed by atoms with van der Waals surface area (Å²) in [6.07, 6.45) is 2.45. The van der Waals surface area contributed by atoms with Gasteiger partial charge in [-0.05, 0) is 51.7 Å². The van der Waals surface area contributed by atoms with Crippen LogP contribution >= 0.6 is 15.9 Å². The lowest BCUT2D eigenvalue weighted by Gasteiger charge is -2.32. The number of benzene rings is 1. The molecule has 1 aliphatic rings. The molecule has 112 valence electrons. The second-order valence-electron chi connectivity index (χ2n) is 5.63. The standard InChI is InChI=1S/C15H23BrFN3/c1-19-7-3-4-12(19)10-20(2)15(9-18)13-8-11(16)5-6-14(13)17/h5-6,8,12,15H,3-4,7,9-10,18H2,1-2H3. The molecular formula is C15H23BrFN3. The summed E-state index contributed by atoms with van der Waals surface area (Å²) in [5.41, 5.74) is 6.57. The average Bonchev–Trinajstić information content (AvgIpc) is 2.80. The van der Waals surface area contributed by atoms with Crippen molar-refractivity contribution < 1.29 is 4.39 Å². The van der Waals surface area contributed by atoms with E-state index < -0.39 is 0 Å². The summed E-state index contributed by atoms with van der Waals surface area (Å²) in [4.78, 5) is 4.55. The quantitative estimate of drug-likeness (QED) is 0.891. The number of nitrogens with zero attached hydrogens (tertiary/aromatic N) is 2. The predicted molar refractivity (Wildman–Crippen MR) is 84.2 cm³/mol. The Balaban J connectivity index is 2.12. The summed E-state index contributed by atoms with van der Waals surface area (Å²) in [5.74, 6) is -0.185. The van der Waals surface area contributed by atoms with E-state index >= 15 is 0 Å². The van der Waals surface area contributed by atoms with Crippen LogP contribution in [0.2, 0.25) is 0 Å². The topological polar surface area (TPSA) is 32.5 Å². The van der Waals surface area contributed by atoms with Crippen LogP contribution in [0.5, 0.6) is 0 Å². The largest absolute Gasteiger partial charge is 0.329 e. The van der Waals surface area contributed by atoms with Crippen LogP contribution in [0.15, 0.2) is 22.7 Å². The second kappa shape index (κ2) is 6.98. The number of nitrogens with two attached hydrogens (primary N) is 1.